The summed E-state index contributed by atoms with van der Waals surface area (Å²) in [5.41, 5.74) is 1.20. The highest BCUT2D eigenvalue weighted by Crippen LogP contribution is 2.19. The van der Waals surface area contributed by atoms with Crippen molar-refractivity contribution in [2.75, 3.05) is 27.4 Å². The first-order valence-electron chi connectivity index (χ1n) is 7.06. The zero-order valence-electron chi connectivity index (χ0n) is 12.6. The largest absolute Gasteiger partial charge is 0.497 e. The molecule has 1 N–H and O–H groups in total. The summed E-state index contributed by atoms with van der Waals surface area (Å²) in [6.45, 7) is 6.02. The van der Waals surface area contributed by atoms with Crippen molar-refractivity contribution in [1.82, 2.24) is 5.32 Å². The van der Waals surface area contributed by atoms with E-state index in [-0.39, 0.29) is 6.04 Å². The number of methoxy groups -OCH3 is 1. The van der Waals surface area contributed by atoms with E-state index in [4.69, 9.17) is 9.47 Å². The maximum atomic E-state index is 5.76. The second-order valence-electron chi connectivity index (χ2n) is 5.23. The summed E-state index contributed by atoms with van der Waals surface area (Å²) in [4.78, 5) is 0. The number of likely N-dealkylation sites (N-methyl/N-ethyl adjacent to an activating group) is 1. The standard InChI is InChI=1S/C16H27NO2/c1-13(2)7-6-10-19-12-16(17-3)14-8-5-9-15(11-14)18-4/h5,8-9,11,13,16-17H,6-7,10,12H2,1-4H3. The third kappa shape index (κ3) is 6.08. The number of hydrogen-bond acceptors (Lipinski definition) is 3. The Morgan fingerprint density at radius 3 is 2.68 bits per heavy atom. The number of nitrogens with one attached hydrogen (secondary N) is 1. The van der Waals surface area contributed by atoms with E-state index in [0.717, 1.165) is 24.7 Å². The molecule has 0 bridgehead atoms. The van der Waals surface area contributed by atoms with Gasteiger partial charge in [0, 0.05) is 6.61 Å². The van der Waals surface area contributed by atoms with Gasteiger partial charge in [-0.15, -0.1) is 0 Å². The predicted molar refractivity (Wildman–Crippen MR) is 79.7 cm³/mol. The summed E-state index contributed by atoms with van der Waals surface area (Å²) >= 11 is 0. The molecular weight excluding hydrogens is 238 g/mol. The van der Waals surface area contributed by atoms with E-state index < -0.39 is 0 Å². The molecule has 0 spiro atoms. The Balaban J connectivity index is 2.40. The number of benzene rings is 1. The van der Waals surface area contributed by atoms with Crippen LogP contribution in [0.3, 0.4) is 0 Å². The molecule has 0 aromatic heterocycles. The van der Waals surface area contributed by atoms with Crippen LogP contribution in [0.25, 0.3) is 0 Å². The summed E-state index contributed by atoms with van der Waals surface area (Å²) in [6, 6.07) is 8.34. The van der Waals surface area contributed by atoms with Crippen LogP contribution in [0.2, 0.25) is 0 Å². The van der Waals surface area contributed by atoms with E-state index in [2.05, 4.69) is 31.3 Å². The highest BCUT2D eigenvalue weighted by molar-refractivity contribution is 5.30. The minimum atomic E-state index is 0.217. The van der Waals surface area contributed by atoms with Gasteiger partial charge >= 0.3 is 0 Å². The fourth-order valence-electron chi connectivity index (χ4n) is 2.00. The lowest BCUT2D eigenvalue weighted by molar-refractivity contribution is 0.108. The molecule has 1 aromatic carbocycles. The van der Waals surface area contributed by atoms with E-state index in [9.17, 15) is 0 Å². The molecule has 0 fully saturated rings. The average Bonchev–Trinajstić information content (AvgIpc) is 2.42. The highest BCUT2D eigenvalue weighted by atomic mass is 16.5. The molecule has 0 radical (unpaired) electrons. The van der Waals surface area contributed by atoms with Crippen molar-refractivity contribution in [2.24, 2.45) is 5.92 Å². The van der Waals surface area contributed by atoms with E-state index in [0.29, 0.717) is 6.61 Å². The maximum Gasteiger partial charge on any atom is 0.119 e. The SMILES string of the molecule is CNC(COCCCC(C)C)c1cccc(OC)c1. The molecule has 0 saturated heterocycles. The summed E-state index contributed by atoms with van der Waals surface area (Å²) < 4.78 is 11.0. The van der Waals surface area contributed by atoms with E-state index >= 15 is 0 Å². The van der Waals surface area contributed by atoms with E-state index in [1.807, 2.05) is 19.2 Å². The first kappa shape index (κ1) is 16.0. The van der Waals surface area contributed by atoms with Gasteiger partial charge in [-0.1, -0.05) is 26.0 Å². The normalized spacial score (nSPS) is 12.7. The lowest BCUT2D eigenvalue weighted by atomic mass is 10.1. The van der Waals surface area contributed by atoms with Gasteiger partial charge in [-0.25, -0.2) is 0 Å². The fraction of sp³-hybridized carbons (Fsp3) is 0.625. The zero-order chi connectivity index (χ0) is 14.1. The van der Waals surface area contributed by atoms with Gasteiger partial charge in [0.05, 0.1) is 19.8 Å². The lowest BCUT2D eigenvalue weighted by Gasteiger charge is -2.17. The minimum Gasteiger partial charge on any atom is -0.497 e. The Hall–Kier alpha value is -1.06. The van der Waals surface area contributed by atoms with Crippen molar-refractivity contribution < 1.29 is 9.47 Å². The average molecular weight is 265 g/mol. The third-order valence-electron chi connectivity index (χ3n) is 3.20. The summed E-state index contributed by atoms with van der Waals surface area (Å²) in [5.74, 6) is 1.64. The topological polar surface area (TPSA) is 30.5 Å². The lowest BCUT2D eigenvalue weighted by Crippen LogP contribution is -2.22. The van der Waals surface area contributed by atoms with Gasteiger partial charge in [0.15, 0.2) is 0 Å². The highest BCUT2D eigenvalue weighted by Gasteiger charge is 2.10. The van der Waals surface area contributed by atoms with E-state index in [1.54, 1.807) is 7.11 Å². The third-order valence-corrected chi connectivity index (χ3v) is 3.20. The number of hydrogen-bond donors (Lipinski definition) is 1. The van der Waals surface area contributed by atoms with Crippen LogP contribution in [-0.4, -0.2) is 27.4 Å². The molecule has 3 nitrogen and oxygen atoms in total. The second kappa shape index (κ2) is 8.94. The van der Waals surface area contributed by atoms with Crippen LogP contribution in [0.15, 0.2) is 24.3 Å². The van der Waals surface area contributed by atoms with Gasteiger partial charge in [0.25, 0.3) is 0 Å². The molecule has 0 amide bonds. The Labute approximate surface area is 117 Å². The molecule has 0 aliphatic rings. The molecule has 0 aliphatic carbocycles. The van der Waals surface area contributed by atoms with Crippen molar-refractivity contribution in [3.8, 4) is 5.75 Å². The molecular formula is C16H27NO2. The van der Waals surface area contributed by atoms with Crippen LogP contribution in [0, 0.1) is 5.92 Å². The molecule has 0 saturated carbocycles. The first-order chi connectivity index (χ1) is 9.17. The quantitative estimate of drug-likeness (QED) is 0.694. The number of rotatable bonds is 9. The molecule has 0 heterocycles. The van der Waals surface area contributed by atoms with Gasteiger partial charge in [-0.2, -0.15) is 0 Å². The summed E-state index contributed by atoms with van der Waals surface area (Å²) in [7, 11) is 3.65. The molecule has 19 heavy (non-hydrogen) atoms. The summed E-state index contributed by atoms with van der Waals surface area (Å²) in [6.07, 6.45) is 2.36. The van der Waals surface area contributed by atoms with Crippen molar-refractivity contribution in [2.45, 2.75) is 32.7 Å². The van der Waals surface area contributed by atoms with Gasteiger partial charge in [-0.3, -0.25) is 0 Å². The molecule has 108 valence electrons. The van der Waals surface area contributed by atoms with Gasteiger partial charge in [0.1, 0.15) is 5.75 Å². The first-order valence-corrected chi connectivity index (χ1v) is 7.06. The Morgan fingerprint density at radius 2 is 2.05 bits per heavy atom. The zero-order valence-corrected chi connectivity index (χ0v) is 12.6. The van der Waals surface area contributed by atoms with Crippen molar-refractivity contribution in [3.05, 3.63) is 29.8 Å². The molecule has 3 heteroatoms. The van der Waals surface area contributed by atoms with Crippen molar-refractivity contribution in [1.29, 1.82) is 0 Å². The van der Waals surface area contributed by atoms with E-state index in [1.165, 1.54) is 12.0 Å². The van der Waals surface area contributed by atoms with Gasteiger partial charge < -0.3 is 14.8 Å². The Morgan fingerprint density at radius 1 is 1.26 bits per heavy atom. The van der Waals surface area contributed by atoms with Crippen molar-refractivity contribution >= 4 is 0 Å². The maximum absolute atomic E-state index is 5.76. The van der Waals surface area contributed by atoms with Gasteiger partial charge in [-0.05, 0) is 43.5 Å². The Kier molecular flexibility index (Phi) is 7.53. The molecule has 1 atom stereocenters. The monoisotopic (exact) mass is 265 g/mol. The van der Waals surface area contributed by atoms with Crippen LogP contribution in [0.1, 0.15) is 38.3 Å². The number of ether oxygens (including phenoxy) is 2. The molecule has 1 aromatic rings. The van der Waals surface area contributed by atoms with Crippen LogP contribution < -0.4 is 10.1 Å². The minimum absolute atomic E-state index is 0.217. The summed E-state index contributed by atoms with van der Waals surface area (Å²) in [5, 5.41) is 3.29. The molecule has 1 unspecified atom stereocenters. The molecule has 0 aliphatic heterocycles. The predicted octanol–water partition coefficient (Wildman–Crippen LogP) is 3.41. The second-order valence-corrected chi connectivity index (χ2v) is 5.23. The van der Waals surface area contributed by atoms with Crippen LogP contribution >= 0.6 is 0 Å². The van der Waals surface area contributed by atoms with Gasteiger partial charge in [0.2, 0.25) is 0 Å². The van der Waals surface area contributed by atoms with Crippen LogP contribution in [0.4, 0.5) is 0 Å². The molecule has 1 rings (SSSR count). The van der Waals surface area contributed by atoms with Crippen LogP contribution in [-0.2, 0) is 4.74 Å². The Bertz CT molecular complexity index is 352. The van der Waals surface area contributed by atoms with Crippen molar-refractivity contribution in [3.63, 3.8) is 0 Å². The fourth-order valence-corrected chi connectivity index (χ4v) is 2.00. The smallest absolute Gasteiger partial charge is 0.119 e. The van der Waals surface area contributed by atoms with Crippen LogP contribution in [0.5, 0.6) is 5.75 Å².